The van der Waals surface area contributed by atoms with E-state index in [4.69, 9.17) is 4.74 Å². The van der Waals surface area contributed by atoms with Crippen molar-refractivity contribution in [3.8, 4) is 0 Å². The molecular formula is C7H8O2. The normalized spacial score (nSPS) is 24.6. The number of aldehydes is 1. The smallest absolute Gasteiger partial charge is 0.174 e. The summed E-state index contributed by atoms with van der Waals surface area (Å²) in [4.78, 5) is 10.2. The van der Waals surface area contributed by atoms with E-state index in [1.54, 1.807) is 6.08 Å². The monoisotopic (exact) mass is 124 g/mol. The van der Waals surface area contributed by atoms with Gasteiger partial charge in [-0.3, -0.25) is 4.79 Å². The molecule has 0 fully saturated rings. The van der Waals surface area contributed by atoms with E-state index in [1.807, 2.05) is 13.0 Å². The van der Waals surface area contributed by atoms with Crippen LogP contribution in [0, 0.1) is 0 Å². The van der Waals surface area contributed by atoms with Gasteiger partial charge in [-0.15, -0.1) is 0 Å². The Hall–Kier alpha value is -1.05. The van der Waals surface area contributed by atoms with Crippen LogP contribution in [0.15, 0.2) is 24.0 Å². The van der Waals surface area contributed by atoms with Crippen LogP contribution in [0.2, 0.25) is 0 Å². The van der Waals surface area contributed by atoms with E-state index < -0.39 is 0 Å². The van der Waals surface area contributed by atoms with Crippen LogP contribution in [0.1, 0.15) is 6.92 Å². The topological polar surface area (TPSA) is 26.3 Å². The maximum absolute atomic E-state index is 10.2. The standard InChI is InChI=1S/C7H8O2/c1-6-3-2-4-9-7(6)5-8/h2-5,7H,1H3. The van der Waals surface area contributed by atoms with Crippen LogP contribution >= 0.6 is 0 Å². The number of carbonyl (C=O) groups excluding carboxylic acids is 1. The molecule has 48 valence electrons. The van der Waals surface area contributed by atoms with Crippen LogP contribution in [0.5, 0.6) is 0 Å². The number of ether oxygens (including phenoxy) is 1. The minimum Gasteiger partial charge on any atom is -0.486 e. The molecule has 2 nitrogen and oxygen atoms in total. The fourth-order valence-electron chi connectivity index (χ4n) is 0.663. The molecule has 2 heteroatoms. The molecule has 1 heterocycles. The highest BCUT2D eigenvalue weighted by Crippen LogP contribution is 2.08. The molecule has 0 amide bonds. The molecular weight excluding hydrogens is 116 g/mol. The third-order valence-corrected chi connectivity index (χ3v) is 1.24. The molecule has 1 rings (SSSR count). The summed E-state index contributed by atoms with van der Waals surface area (Å²) in [6.45, 7) is 1.86. The number of carbonyl (C=O) groups is 1. The van der Waals surface area contributed by atoms with Crippen LogP contribution < -0.4 is 0 Å². The lowest BCUT2D eigenvalue weighted by Crippen LogP contribution is -2.14. The van der Waals surface area contributed by atoms with Crippen LogP contribution in [-0.4, -0.2) is 12.4 Å². The lowest BCUT2D eigenvalue weighted by Gasteiger charge is -2.12. The summed E-state index contributed by atoms with van der Waals surface area (Å²) < 4.78 is 4.92. The van der Waals surface area contributed by atoms with Gasteiger partial charge in [-0.05, 0) is 18.6 Å². The molecule has 0 bridgehead atoms. The summed E-state index contributed by atoms with van der Waals surface area (Å²) in [5, 5.41) is 0. The zero-order valence-corrected chi connectivity index (χ0v) is 5.20. The van der Waals surface area contributed by atoms with Gasteiger partial charge in [-0.25, -0.2) is 0 Å². The first kappa shape index (κ1) is 6.08. The van der Waals surface area contributed by atoms with Crippen molar-refractivity contribution in [1.29, 1.82) is 0 Å². The van der Waals surface area contributed by atoms with Crippen LogP contribution in [0.3, 0.4) is 0 Å². The van der Waals surface area contributed by atoms with Crippen LogP contribution in [0.25, 0.3) is 0 Å². The number of allylic oxidation sites excluding steroid dienone is 2. The second-order valence-corrected chi connectivity index (χ2v) is 1.93. The molecule has 1 unspecified atom stereocenters. The Balaban J connectivity index is 2.69. The Kier molecular flexibility index (Phi) is 1.68. The quantitative estimate of drug-likeness (QED) is 0.488. The molecule has 0 aromatic carbocycles. The Morgan fingerprint density at radius 2 is 2.56 bits per heavy atom. The minimum atomic E-state index is -0.352. The van der Waals surface area contributed by atoms with Crippen LogP contribution in [0.4, 0.5) is 0 Å². The molecule has 0 spiro atoms. The summed E-state index contributed by atoms with van der Waals surface area (Å²) in [6, 6.07) is 0. The average Bonchev–Trinajstić information content (AvgIpc) is 1.89. The van der Waals surface area contributed by atoms with Gasteiger partial charge in [0.05, 0.1) is 6.26 Å². The second-order valence-electron chi connectivity index (χ2n) is 1.93. The number of rotatable bonds is 1. The fourth-order valence-corrected chi connectivity index (χ4v) is 0.663. The summed E-state index contributed by atoms with van der Waals surface area (Å²) in [6.07, 6.45) is 5.59. The molecule has 0 N–H and O–H groups in total. The van der Waals surface area contributed by atoms with E-state index in [1.165, 1.54) is 6.26 Å². The van der Waals surface area contributed by atoms with Crippen molar-refractivity contribution < 1.29 is 9.53 Å². The number of hydrogen-bond donors (Lipinski definition) is 0. The van der Waals surface area contributed by atoms with Gasteiger partial charge in [0.15, 0.2) is 12.4 Å². The Bertz CT molecular complexity index is 168. The van der Waals surface area contributed by atoms with Gasteiger partial charge in [0, 0.05) is 0 Å². The third kappa shape index (κ3) is 1.19. The summed E-state index contributed by atoms with van der Waals surface area (Å²) in [7, 11) is 0. The molecule has 0 aromatic rings. The van der Waals surface area contributed by atoms with Crippen molar-refractivity contribution in [2.24, 2.45) is 0 Å². The van der Waals surface area contributed by atoms with E-state index in [-0.39, 0.29) is 6.10 Å². The largest absolute Gasteiger partial charge is 0.486 e. The van der Waals surface area contributed by atoms with E-state index >= 15 is 0 Å². The van der Waals surface area contributed by atoms with E-state index in [0.717, 1.165) is 11.9 Å². The van der Waals surface area contributed by atoms with Gasteiger partial charge in [0.1, 0.15) is 0 Å². The van der Waals surface area contributed by atoms with Gasteiger partial charge in [0.25, 0.3) is 0 Å². The summed E-state index contributed by atoms with van der Waals surface area (Å²) in [5.41, 5.74) is 0.951. The van der Waals surface area contributed by atoms with Crippen molar-refractivity contribution in [2.75, 3.05) is 0 Å². The minimum absolute atomic E-state index is 0.352. The molecule has 0 saturated heterocycles. The molecule has 1 atom stereocenters. The van der Waals surface area contributed by atoms with Gasteiger partial charge >= 0.3 is 0 Å². The van der Waals surface area contributed by atoms with Crippen molar-refractivity contribution in [3.63, 3.8) is 0 Å². The first-order valence-corrected chi connectivity index (χ1v) is 2.78. The predicted molar refractivity (Wildman–Crippen MR) is 33.8 cm³/mol. The van der Waals surface area contributed by atoms with Gasteiger partial charge < -0.3 is 4.74 Å². The fraction of sp³-hybridized carbons (Fsp3) is 0.286. The highest BCUT2D eigenvalue weighted by Gasteiger charge is 2.09. The Morgan fingerprint density at radius 3 is 3.00 bits per heavy atom. The van der Waals surface area contributed by atoms with Gasteiger partial charge in [-0.2, -0.15) is 0 Å². The summed E-state index contributed by atoms with van der Waals surface area (Å²) >= 11 is 0. The molecule has 0 saturated carbocycles. The van der Waals surface area contributed by atoms with E-state index in [9.17, 15) is 4.79 Å². The lowest BCUT2D eigenvalue weighted by atomic mass is 10.1. The Labute approximate surface area is 53.8 Å². The first-order chi connectivity index (χ1) is 4.34. The second kappa shape index (κ2) is 2.49. The van der Waals surface area contributed by atoms with E-state index in [0.29, 0.717) is 0 Å². The third-order valence-electron chi connectivity index (χ3n) is 1.24. The number of hydrogen-bond acceptors (Lipinski definition) is 2. The van der Waals surface area contributed by atoms with Crippen LogP contribution in [-0.2, 0) is 9.53 Å². The zero-order chi connectivity index (χ0) is 6.69. The average molecular weight is 124 g/mol. The van der Waals surface area contributed by atoms with Crippen molar-refractivity contribution in [3.05, 3.63) is 24.0 Å². The van der Waals surface area contributed by atoms with E-state index in [2.05, 4.69) is 0 Å². The molecule has 1 aliphatic rings. The zero-order valence-electron chi connectivity index (χ0n) is 5.20. The molecule has 0 aliphatic carbocycles. The molecule has 1 aliphatic heterocycles. The van der Waals surface area contributed by atoms with Crippen molar-refractivity contribution >= 4 is 6.29 Å². The van der Waals surface area contributed by atoms with Gasteiger partial charge in [-0.1, -0.05) is 6.08 Å². The predicted octanol–water partition coefficient (Wildman–Crippen LogP) is 1.04. The molecule has 0 radical (unpaired) electrons. The lowest BCUT2D eigenvalue weighted by molar-refractivity contribution is -0.113. The maximum atomic E-state index is 10.2. The first-order valence-electron chi connectivity index (χ1n) is 2.78. The van der Waals surface area contributed by atoms with Crippen molar-refractivity contribution in [1.82, 2.24) is 0 Å². The highest BCUT2D eigenvalue weighted by atomic mass is 16.5. The summed E-state index contributed by atoms with van der Waals surface area (Å²) in [5.74, 6) is 0. The Morgan fingerprint density at radius 1 is 1.78 bits per heavy atom. The molecule has 9 heavy (non-hydrogen) atoms. The molecule has 0 aromatic heterocycles. The van der Waals surface area contributed by atoms with Crippen molar-refractivity contribution in [2.45, 2.75) is 13.0 Å². The SMILES string of the molecule is CC1=CC=COC1C=O. The van der Waals surface area contributed by atoms with Gasteiger partial charge in [0.2, 0.25) is 0 Å². The maximum Gasteiger partial charge on any atom is 0.174 e. The highest BCUT2D eigenvalue weighted by molar-refractivity contribution is 5.62.